The molecule has 2 rings (SSSR count). The molecule has 0 bridgehead atoms. The van der Waals surface area contributed by atoms with Crippen molar-refractivity contribution < 1.29 is 8.42 Å². The summed E-state index contributed by atoms with van der Waals surface area (Å²) < 4.78 is 28.1. The Morgan fingerprint density at radius 3 is 2.60 bits per heavy atom. The highest BCUT2D eigenvalue weighted by atomic mass is 32.2. The summed E-state index contributed by atoms with van der Waals surface area (Å²) in [7, 11) is -0.0435. The van der Waals surface area contributed by atoms with E-state index in [4.69, 9.17) is 0 Å². The van der Waals surface area contributed by atoms with Gasteiger partial charge < -0.3 is 9.88 Å². The van der Waals surface area contributed by atoms with E-state index in [1.807, 2.05) is 36.1 Å². The Hall–Kier alpha value is -1.79. The monoisotopic (exact) mass is 293 g/mol. The lowest BCUT2D eigenvalue weighted by Gasteiger charge is -2.10. The molecule has 0 saturated carbocycles. The molecule has 6 heteroatoms. The Bertz CT molecular complexity index is 705. The van der Waals surface area contributed by atoms with E-state index < -0.39 is 10.0 Å². The summed E-state index contributed by atoms with van der Waals surface area (Å²) in [6, 6.07) is 7.36. The topological polar surface area (TPSA) is 63.1 Å². The van der Waals surface area contributed by atoms with Crippen molar-refractivity contribution in [1.29, 1.82) is 0 Å². The number of anilines is 1. The van der Waals surface area contributed by atoms with Gasteiger partial charge >= 0.3 is 0 Å². The van der Waals surface area contributed by atoms with Crippen LogP contribution in [0.1, 0.15) is 11.1 Å². The van der Waals surface area contributed by atoms with Crippen LogP contribution >= 0.6 is 0 Å². The zero-order valence-corrected chi connectivity index (χ0v) is 12.7. The molecule has 108 valence electrons. The van der Waals surface area contributed by atoms with Crippen molar-refractivity contribution >= 4 is 15.7 Å². The van der Waals surface area contributed by atoms with Crippen LogP contribution in [-0.2, 0) is 23.6 Å². The number of benzene rings is 1. The second kappa shape index (κ2) is 5.68. The first-order valence-electron chi connectivity index (χ1n) is 6.31. The molecule has 0 aliphatic heterocycles. The number of hydrogen-bond donors (Lipinski definition) is 2. The normalized spacial score (nSPS) is 11.6. The molecule has 1 aromatic heterocycles. The van der Waals surface area contributed by atoms with Crippen molar-refractivity contribution in [2.24, 2.45) is 7.05 Å². The molecular weight excluding hydrogens is 274 g/mol. The predicted molar refractivity (Wildman–Crippen MR) is 80.2 cm³/mol. The SMILES string of the molecule is CNS(=O)(=O)c1cc(NCc2ccn(C)c2)ccc1C. The highest BCUT2D eigenvalue weighted by Crippen LogP contribution is 2.20. The standard InChI is InChI=1S/C14H19N3O2S/c1-11-4-5-13(8-14(11)20(18,19)15-2)16-9-12-6-7-17(3)10-12/h4-8,10,15-16H,9H2,1-3H3. The van der Waals surface area contributed by atoms with Gasteiger partial charge in [-0.2, -0.15) is 0 Å². The predicted octanol–water partition coefficient (Wildman–Crippen LogP) is 1.85. The first-order chi connectivity index (χ1) is 9.42. The molecule has 2 aromatic rings. The maximum absolute atomic E-state index is 11.9. The molecule has 0 unspecified atom stereocenters. The van der Waals surface area contributed by atoms with Gasteiger partial charge in [0.2, 0.25) is 10.0 Å². The molecule has 0 saturated heterocycles. The lowest BCUT2D eigenvalue weighted by atomic mass is 10.2. The zero-order valence-electron chi connectivity index (χ0n) is 11.8. The number of nitrogens with zero attached hydrogens (tertiary/aromatic N) is 1. The number of aromatic nitrogens is 1. The maximum atomic E-state index is 11.9. The van der Waals surface area contributed by atoms with E-state index in [2.05, 4.69) is 10.0 Å². The Balaban J connectivity index is 2.19. The molecule has 20 heavy (non-hydrogen) atoms. The van der Waals surface area contributed by atoms with Crippen molar-refractivity contribution in [3.8, 4) is 0 Å². The second-order valence-corrected chi connectivity index (χ2v) is 6.58. The Morgan fingerprint density at radius 1 is 1.25 bits per heavy atom. The summed E-state index contributed by atoms with van der Waals surface area (Å²) in [5.74, 6) is 0. The minimum absolute atomic E-state index is 0.304. The van der Waals surface area contributed by atoms with Gasteiger partial charge in [0.1, 0.15) is 0 Å². The van der Waals surface area contributed by atoms with Crippen LogP contribution in [0.5, 0.6) is 0 Å². The zero-order chi connectivity index (χ0) is 14.8. The number of nitrogens with one attached hydrogen (secondary N) is 2. The summed E-state index contributed by atoms with van der Waals surface area (Å²) in [5, 5.41) is 3.23. The first-order valence-corrected chi connectivity index (χ1v) is 7.79. The lowest BCUT2D eigenvalue weighted by molar-refractivity contribution is 0.587. The van der Waals surface area contributed by atoms with E-state index in [1.54, 1.807) is 19.1 Å². The molecule has 0 fully saturated rings. The first kappa shape index (κ1) is 14.6. The van der Waals surface area contributed by atoms with Crippen molar-refractivity contribution in [3.05, 3.63) is 47.8 Å². The number of hydrogen-bond acceptors (Lipinski definition) is 3. The lowest BCUT2D eigenvalue weighted by Crippen LogP contribution is -2.19. The van der Waals surface area contributed by atoms with Crippen molar-refractivity contribution in [3.63, 3.8) is 0 Å². The third-order valence-corrected chi connectivity index (χ3v) is 4.69. The molecule has 1 heterocycles. The average Bonchev–Trinajstić information content (AvgIpc) is 2.83. The number of aryl methyl sites for hydroxylation is 2. The molecule has 0 spiro atoms. The van der Waals surface area contributed by atoms with E-state index in [-0.39, 0.29) is 0 Å². The molecule has 0 aliphatic rings. The molecular formula is C14H19N3O2S. The van der Waals surface area contributed by atoms with Crippen molar-refractivity contribution in [1.82, 2.24) is 9.29 Å². The molecule has 2 N–H and O–H groups in total. The molecule has 0 aliphatic carbocycles. The van der Waals surface area contributed by atoms with Crippen LogP contribution < -0.4 is 10.0 Å². The third kappa shape index (κ3) is 3.20. The van der Waals surface area contributed by atoms with Crippen LogP contribution in [0.2, 0.25) is 0 Å². The van der Waals surface area contributed by atoms with Gasteiger partial charge in [0.15, 0.2) is 0 Å². The van der Waals surface area contributed by atoms with Crippen LogP contribution in [0.4, 0.5) is 5.69 Å². The maximum Gasteiger partial charge on any atom is 0.240 e. The molecule has 0 radical (unpaired) electrons. The molecule has 0 atom stereocenters. The van der Waals surface area contributed by atoms with Gasteiger partial charge in [-0.1, -0.05) is 6.07 Å². The highest BCUT2D eigenvalue weighted by molar-refractivity contribution is 7.89. The quantitative estimate of drug-likeness (QED) is 0.884. The Morgan fingerprint density at radius 2 is 2.00 bits per heavy atom. The minimum atomic E-state index is -3.42. The van der Waals surface area contributed by atoms with E-state index in [0.717, 1.165) is 16.8 Å². The fourth-order valence-corrected chi connectivity index (χ4v) is 2.97. The summed E-state index contributed by atoms with van der Waals surface area (Å²) >= 11 is 0. The van der Waals surface area contributed by atoms with Crippen LogP contribution in [0.15, 0.2) is 41.6 Å². The minimum Gasteiger partial charge on any atom is -0.381 e. The van der Waals surface area contributed by atoms with Crippen molar-refractivity contribution in [2.45, 2.75) is 18.4 Å². The van der Waals surface area contributed by atoms with Gasteiger partial charge in [-0.25, -0.2) is 13.1 Å². The number of rotatable bonds is 5. The van der Waals surface area contributed by atoms with Crippen LogP contribution in [-0.4, -0.2) is 20.0 Å². The Labute approximate surface area is 119 Å². The van der Waals surface area contributed by atoms with Gasteiger partial charge in [0, 0.05) is 31.7 Å². The van der Waals surface area contributed by atoms with E-state index in [0.29, 0.717) is 11.4 Å². The molecule has 5 nitrogen and oxygen atoms in total. The molecule has 0 amide bonds. The third-order valence-electron chi connectivity index (χ3n) is 3.14. The van der Waals surface area contributed by atoms with Crippen LogP contribution in [0, 0.1) is 6.92 Å². The van der Waals surface area contributed by atoms with Gasteiger partial charge in [-0.05, 0) is 43.3 Å². The smallest absolute Gasteiger partial charge is 0.240 e. The fraction of sp³-hybridized carbons (Fsp3) is 0.286. The fourth-order valence-electron chi connectivity index (χ4n) is 1.98. The van der Waals surface area contributed by atoms with Gasteiger partial charge in [-0.15, -0.1) is 0 Å². The van der Waals surface area contributed by atoms with Gasteiger partial charge in [0.25, 0.3) is 0 Å². The summed E-state index contributed by atoms with van der Waals surface area (Å²) in [4.78, 5) is 0.304. The van der Waals surface area contributed by atoms with Crippen molar-refractivity contribution in [2.75, 3.05) is 12.4 Å². The number of sulfonamides is 1. The Kier molecular flexibility index (Phi) is 4.15. The van der Waals surface area contributed by atoms with E-state index >= 15 is 0 Å². The summed E-state index contributed by atoms with van der Waals surface area (Å²) in [6.45, 7) is 2.44. The summed E-state index contributed by atoms with van der Waals surface area (Å²) in [6.07, 6.45) is 4.00. The highest BCUT2D eigenvalue weighted by Gasteiger charge is 2.14. The average molecular weight is 293 g/mol. The summed E-state index contributed by atoms with van der Waals surface area (Å²) in [5.41, 5.74) is 2.66. The van der Waals surface area contributed by atoms with E-state index in [1.165, 1.54) is 7.05 Å². The molecule has 1 aromatic carbocycles. The largest absolute Gasteiger partial charge is 0.381 e. The van der Waals surface area contributed by atoms with E-state index in [9.17, 15) is 8.42 Å². The second-order valence-electron chi connectivity index (χ2n) is 4.73. The van der Waals surface area contributed by atoms with Crippen LogP contribution in [0.3, 0.4) is 0 Å². The van der Waals surface area contributed by atoms with Gasteiger partial charge in [0.05, 0.1) is 4.90 Å². The van der Waals surface area contributed by atoms with Crippen LogP contribution in [0.25, 0.3) is 0 Å². The van der Waals surface area contributed by atoms with Gasteiger partial charge in [-0.3, -0.25) is 0 Å².